The minimum atomic E-state index is -3.78. The van der Waals surface area contributed by atoms with E-state index in [9.17, 15) is 8.42 Å². The highest BCUT2D eigenvalue weighted by Gasteiger charge is 2.20. The van der Waals surface area contributed by atoms with Crippen LogP contribution in [-0.2, 0) is 16.3 Å². The quantitative estimate of drug-likeness (QED) is 0.773. The molecule has 0 saturated heterocycles. The van der Waals surface area contributed by atoms with Gasteiger partial charge in [-0.25, -0.2) is 8.42 Å². The van der Waals surface area contributed by atoms with Crippen molar-refractivity contribution in [1.29, 1.82) is 5.26 Å². The second-order valence-electron chi connectivity index (χ2n) is 4.66. The van der Waals surface area contributed by atoms with Crippen molar-refractivity contribution in [3.8, 4) is 6.07 Å². The van der Waals surface area contributed by atoms with Gasteiger partial charge in [0, 0.05) is 5.02 Å². The fourth-order valence-corrected chi connectivity index (χ4v) is 3.30. The number of allylic oxidation sites excluding steroid dienone is 2. The number of benzene rings is 2. The van der Waals surface area contributed by atoms with Crippen molar-refractivity contribution in [3.05, 3.63) is 76.2 Å². The summed E-state index contributed by atoms with van der Waals surface area (Å²) < 4.78 is 24.8. The van der Waals surface area contributed by atoms with Gasteiger partial charge in [0.2, 0.25) is 9.84 Å². The van der Waals surface area contributed by atoms with Crippen LogP contribution < -0.4 is 0 Å². The van der Waals surface area contributed by atoms with Crippen LogP contribution in [0.3, 0.4) is 0 Å². The molecule has 0 radical (unpaired) electrons. The largest absolute Gasteiger partial charge is 0.218 e. The first-order chi connectivity index (χ1) is 10.5. The zero-order chi connectivity index (χ0) is 16.0. The van der Waals surface area contributed by atoms with Gasteiger partial charge in [-0.3, -0.25) is 0 Å². The van der Waals surface area contributed by atoms with Crippen LogP contribution in [-0.4, -0.2) is 8.42 Å². The molecule has 0 aliphatic carbocycles. The molecular weight excluding hydrogens is 318 g/mol. The van der Waals surface area contributed by atoms with E-state index in [0.29, 0.717) is 17.9 Å². The topological polar surface area (TPSA) is 57.9 Å². The Kier molecular flexibility index (Phi) is 5.37. The molecule has 22 heavy (non-hydrogen) atoms. The van der Waals surface area contributed by atoms with Crippen LogP contribution in [0.15, 0.2) is 70.5 Å². The van der Waals surface area contributed by atoms with Crippen LogP contribution in [0.1, 0.15) is 12.0 Å². The lowest BCUT2D eigenvalue weighted by Gasteiger charge is -2.03. The normalized spacial score (nSPS) is 11.9. The number of nitriles is 1. The lowest BCUT2D eigenvalue weighted by Crippen LogP contribution is -2.03. The molecule has 0 aromatic heterocycles. The molecule has 0 fully saturated rings. The molecule has 2 aromatic rings. The van der Waals surface area contributed by atoms with Gasteiger partial charge >= 0.3 is 0 Å². The summed E-state index contributed by atoms with van der Waals surface area (Å²) in [5.74, 6) is 0. The highest BCUT2D eigenvalue weighted by atomic mass is 35.5. The summed E-state index contributed by atoms with van der Waals surface area (Å²) in [6.45, 7) is 0. The van der Waals surface area contributed by atoms with Gasteiger partial charge in [0.1, 0.15) is 11.0 Å². The molecule has 0 saturated carbocycles. The van der Waals surface area contributed by atoms with E-state index in [0.717, 1.165) is 5.56 Å². The Bertz CT molecular complexity index is 804. The maximum absolute atomic E-state index is 12.4. The summed E-state index contributed by atoms with van der Waals surface area (Å²) in [6.07, 6.45) is 2.64. The van der Waals surface area contributed by atoms with Gasteiger partial charge in [-0.2, -0.15) is 5.26 Å². The van der Waals surface area contributed by atoms with Gasteiger partial charge < -0.3 is 0 Å². The molecule has 0 spiro atoms. The minimum absolute atomic E-state index is 0.0735. The molecular formula is C17H14ClNO2S. The van der Waals surface area contributed by atoms with Gasteiger partial charge in [0.15, 0.2) is 0 Å². The van der Waals surface area contributed by atoms with E-state index in [1.807, 2.05) is 30.3 Å². The van der Waals surface area contributed by atoms with Crippen LogP contribution in [0.2, 0.25) is 5.02 Å². The van der Waals surface area contributed by atoms with E-state index >= 15 is 0 Å². The third-order valence-corrected chi connectivity index (χ3v) is 5.11. The second kappa shape index (κ2) is 7.26. The van der Waals surface area contributed by atoms with Crippen molar-refractivity contribution in [2.75, 3.05) is 0 Å². The van der Waals surface area contributed by atoms with Crippen molar-refractivity contribution in [3.63, 3.8) is 0 Å². The first kappa shape index (κ1) is 16.3. The highest BCUT2D eigenvalue weighted by Crippen LogP contribution is 2.21. The number of nitrogens with zero attached hydrogens (tertiary/aromatic N) is 1. The summed E-state index contributed by atoms with van der Waals surface area (Å²) in [5, 5.41) is 9.60. The summed E-state index contributed by atoms with van der Waals surface area (Å²) in [6, 6.07) is 17.3. The summed E-state index contributed by atoms with van der Waals surface area (Å²) in [5.41, 5.74) is 1.10. The third kappa shape index (κ3) is 3.97. The monoisotopic (exact) mass is 331 g/mol. The Balaban J connectivity index is 2.18. The second-order valence-corrected chi connectivity index (χ2v) is 7.02. The molecule has 0 bridgehead atoms. The van der Waals surface area contributed by atoms with Crippen molar-refractivity contribution < 1.29 is 8.42 Å². The Morgan fingerprint density at radius 3 is 2.32 bits per heavy atom. The molecule has 0 aliphatic rings. The van der Waals surface area contributed by atoms with E-state index in [1.165, 1.54) is 30.3 Å². The highest BCUT2D eigenvalue weighted by molar-refractivity contribution is 7.95. The molecule has 0 unspecified atom stereocenters. The molecule has 0 heterocycles. The van der Waals surface area contributed by atoms with E-state index in [-0.39, 0.29) is 9.80 Å². The Labute approximate surface area is 135 Å². The summed E-state index contributed by atoms with van der Waals surface area (Å²) in [4.78, 5) is -0.157. The molecule has 0 amide bonds. The van der Waals surface area contributed by atoms with Crippen LogP contribution in [0.25, 0.3) is 0 Å². The molecule has 0 aliphatic heterocycles. The van der Waals surface area contributed by atoms with Crippen molar-refractivity contribution in [2.45, 2.75) is 17.7 Å². The van der Waals surface area contributed by atoms with E-state index in [4.69, 9.17) is 16.9 Å². The fraction of sp³-hybridized carbons (Fsp3) is 0.118. The fourth-order valence-electron chi connectivity index (χ4n) is 1.97. The molecule has 2 aromatic carbocycles. The van der Waals surface area contributed by atoms with E-state index < -0.39 is 9.84 Å². The SMILES string of the molecule is N#C/C(=C\CCc1ccccc1)S(=O)(=O)c1ccc(Cl)cc1. The molecule has 0 atom stereocenters. The maximum Gasteiger partial charge on any atom is 0.216 e. The molecule has 3 nitrogen and oxygen atoms in total. The maximum atomic E-state index is 12.4. The third-order valence-electron chi connectivity index (χ3n) is 3.13. The van der Waals surface area contributed by atoms with E-state index in [2.05, 4.69) is 0 Å². The first-order valence-electron chi connectivity index (χ1n) is 6.69. The number of hydrogen-bond donors (Lipinski definition) is 0. The first-order valence-corrected chi connectivity index (χ1v) is 8.55. The lowest BCUT2D eigenvalue weighted by molar-refractivity contribution is 0.603. The Morgan fingerprint density at radius 1 is 1.09 bits per heavy atom. The van der Waals surface area contributed by atoms with Crippen LogP contribution in [0.5, 0.6) is 0 Å². The zero-order valence-electron chi connectivity index (χ0n) is 11.7. The van der Waals surface area contributed by atoms with Crippen molar-refractivity contribution >= 4 is 21.4 Å². The molecule has 5 heteroatoms. The predicted molar refractivity (Wildman–Crippen MR) is 87.1 cm³/mol. The van der Waals surface area contributed by atoms with Crippen molar-refractivity contribution in [1.82, 2.24) is 0 Å². The van der Waals surface area contributed by atoms with Gasteiger partial charge in [-0.1, -0.05) is 48.0 Å². The zero-order valence-corrected chi connectivity index (χ0v) is 13.3. The molecule has 112 valence electrons. The number of halogens is 1. The Morgan fingerprint density at radius 2 is 1.73 bits per heavy atom. The van der Waals surface area contributed by atoms with Gasteiger partial charge in [0.25, 0.3) is 0 Å². The van der Waals surface area contributed by atoms with E-state index in [1.54, 1.807) is 6.07 Å². The lowest BCUT2D eigenvalue weighted by atomic mass is 10.1. The number of aryl methyl sites for hydroxylation is 1. The average molecular weight is 332 g/mol. The smallest absolute Gasteiger partial charge is 0.216 e. The number of hydrogen-bond acceptors (Lipinski definition) is 3. The summed E-state index contributed by atoms with van der Waals surface area (Å²) in [7, 11) is -3.78. The standard InChI is InChI=1S/C17H14ClNO2S/c18-15-9-11-16(12-10-15)22(20,21)17(13-19)8-4-7-14-5-2-1-3-6-14/h1-3,5-6,8-12H,4,7H2/b17-8+. The number of rotatable bonds is 5. The van der Waals surface area contributed by atoms with Crippen LogP contribution in [0, 0.1) is 11.3 Å². The van der Waals surface area contributed by atoms with Gasteiger partial charge in [-0.15, -0.1) is 0 Å². The number of sulfone groups is 1. The Hall–Kier alpha value is -2.09. The van der Waals surface area contributed by atoms with Crippen LogP contribution >= 0.6 is 11.6 Å². The minimum Gasteiger partial charge on any atom is -0.218 e. The molecule has 2 rings (SSSR count). The molecule has 0 N–H and O–H groups in total. The van der Waals surface area contributed by atoms with Gasteiger partial charge in [-0.05, 0) is 42.7 Å². The van der Waals surface area contributed by atoms with Crippen LogP contribution in [0.4, 0.5) is 0 Å². The van der Waals surface area contributed by atoms with Gasteiger partial charge in [0.05, 0.1) is 4.90 Å². The van der Waals surface area contributed by atoms with Crippen molar-refractivity contribution in [2.24, 2.45) is 0 Å². The average Bonchev–Trinajstić information content (AvgIpc) is 2.53. The predicted octanol–water partition coefficient (Wildman–Crippen LogP) is 4.15. The summed E-state index contributed by atoms with van der Waals surface area (Å²) >= 11 is 5.75.